The number of halogens is 1. The summed E-state index contributed by atoms with van der Waals surface area (Å²) in [6, 6.07) is 6.86. The maximum absolute atomic E-state index is 9.29. The Morgan fingerprint density at radius 2 is 1.83 bits per heavy atom. The van der Waals surface area contributed by atoms with Crippen molar-refractivity contribution < 1.29 is 5.11 Å². The molecule has 0 radical (unpaired) electrons. The van der Waals surface area contributed by atoms with Gasteiger partial charge >= 0.3 is 0 Å². The van der Waals surface area contributed by atoms with Gasteiger partial charge in [-0.05, 0) is 59.7 Å². The summed E-state index contributed by atoms with van der Waals surface area (Å²) in [5.41, 5.74) is 7.88. The van der Waals surface area contributed by atoms with Gasteiger partial charge in [-0.2, -0.15) is 0 Å². The van der Waals surface area contributed by atoms with Crippen LogP contribution in [0, 0.1) is 3.57 Å². The number of hydrogen-bond donors (Lipinski definition) is 2. The van der Waals surface area contributed by atoms with E-state index in [4.69, 9.17) is 5.73 Å². The molecule has 2 aromatic rings. The SMILES string of the molecule is Nc1nc(-c2ccc(O)cc2)nc(C2CC2)c1I. The number of rotatable bonds is 2. The second kappa shape index (κ2) is 4.38. The predicted molar refractivity (Wildman–Crippen MR) is 78.2 cm³/mol. The number of aromatic nitrogens is 2. The molecule has 4 nitrogen and oxygen atoms in total. The highest BCUT2D eigenvalue weighted by Gasteiger charge is 2.29. The van der Waals surface area contributed by atoms with Crippen molar-refractivity contribution >= 4 is 28.4 Å². The first kappa shape index (κ1) is 11.7. The van der Waals surface area contributed by atoms with Gasteiger partial charge in [0, 0.05) is 11.5 Å². The molecule has 5 heteroatoms. The third kappa shape index (κ3) is 2.14. The van der Waals surface area contributed by atoms with Crippen LogP contribution in [0.1, 0.15) is 24.5 Å². The Morgan fingerprint density at radius 1 is 1.17 bits per heavy atom. The molecule has 18 heavy (non-hydrogen) atoms. The molecular weight excluding hydrogens is 341 g/mol. The number of phenolic OH excluding ortho intramolecular Hbond substituents is 1. The Balaban J connectivity index is 2.09. The van der Waals surface area contributed by atoms with Gasteiger partial charge in [-0.1, -0.05) is 0 Å². The summed E-state index contributed by atoms with van der Waals surface area (Å²) in [5.74, 6) is 1.95. The lowest BCUT2D eigenvalue weighted by atomic mass is 10.2. The number of nitrogens with two attached hydrogens (primary N) is 1. The standard InChI is InChI=1S/C13H12IN3O/c14-10-11(7-1-2-7)16-13(17-12(10)15)8-3-5-9(18)6-4-8/h3-7,18H,1-2H2,(H2,15,16,17). The van der Waals surface area contributed by atoms with Gasteiger partial charge in [-0.25, -0.2) is 9.97 Å². The number of phenols is 1. The lowest BCUT2D eigenvalue weighted by molar-refractivity contribution is 0.475. The van der Waals surface area contributed by atoms with Crippen LogP contribution in [0.2, 0.25) is 0 Å². The predicted octanol–water partition coefficient (Wildman–Crippen LogP) is 2.91. The minimum Gasteiger partial charge on any atom is -0.508 e. The van der Waals surface area contributed by atoms with Crippen molar-refractivity contribution in [1.29, 1.82) is 0 Å². The highest BCUT2D eigenvalue weighted by Crippen LogP contribution is 2.42. The Hall–Kier alpha value is -1.37. The lowest BCUT2D eigenvalue weighted by Crippen LogP contribution is -2.04. The van der Waals surface area contributed by atoms with E-state index in [1.165, 1.54) is 12.8 Å². The molecule has 3 N–H and O–H groups in total. The first-order valence-electron chi connectivity index (χ1n) is 5.77. The number of benzene rings is 1. The molecular formula is C13H12IN3O. The second-order valence-electron chi connectivity index (χ2n) is 4.45. The van der Waals surface area contributed by atoms with Crippen molar-refractivity contribution in [2.75, 3.05) is 5.73 Å². The molecule has 1 fully saturated rings. The Morgan fingerprint density at radius 3 is 2.44 bits per heavy atom. The minimum atomic E-state index is 0.236. The molecule has 1 aliphatic carbocycles. The number of nitrogens with zero attached hydrogens (tertiary/aromatic N) is 2. The van der Waals surface area contributed by atoms with E-state index in [-0.39, 0.29) is 5.75 Å². The third-order valence-corrected chi connectivity index (χ3v) is 4.10. The Labute approximate surface area is 118 Å². The number of hydrogen-bond acceptors (Lipinski definition) is 4. The second-order valence-corrected chi connectivity index (χ2v) is 5.53. The molecule has 0 saturated heterocycles. The topological polar surface area (TPSA) is 72.0 Å². The average Bonchev–Trinajstić information content (AvgIpc) is 3.18. The zero-order chi connectivity index (χ0) is 12.7. The van der Waals surface area contributed by atoms with Crippen LogP contribution >= 0.6 is 22.6 Å². The van der Waals surface area contributed by atoms with E-state index < -0.39 is 0 Å². The van der Waals surface area contributed by atoms with E-state index in [1.54, 1.807) is 24.3 Å². The first-order chi connectivity index (χ1) is 8.65. The van der Waals surface area contributed by atoms with Gasteiger partial charge in [0.15, 0.2) is 5.82 Å². The van der Waals surface area contributed by atoms with E-state index in [0.29, 0.717) is 17.6 Å². The molecule has 1 saturated carbocycles. The molecule has 1 heterocycles. The molecule has 0 unspecified atom stereocenters. The highest BCUT2D eigenvalue weighted by molar-refractivity contribution is 14.1. The fraction of sp³-hybridized carbons (Fsp3) is 0.231. The fourth-order valence-electron chi connectivity index (χ4n) is 1.85. The van der Waals surface area contributed by atoms with E-state index in [9.17, 15) is 5.11 Å². The Kier molecular flexibility index (Phi) is 2.85. The summed E-state index contributed by atoms with van der Waals surface area (Å²) >= 11 is 2.21. The first-order valence-corrected chi connectivity index (χ1v) is 6.85. The number of anilines is 1. The summed E-state index contributed by atoms with van der Waals surface area (Å²) in [5, 5.41) is 9.29. The molecule has 0 bridgehead atoms. The van der Waals surface area contributed by atoms with E-state index >= 15 is 0 Å². The summed E-state index contributed by atoms with van der Waals surface area (Å²) in [4.78, 5) is 8.94. The van der Waals surface area contributed by atoms with Gasteiger partial charge < -0.3 is 10.8 Å². The lowest BCUT2D eigenvalue weighted by Gasteiger charge is -2.08. The maximum Gasteiger partial charge on any atom is 0.161 e. The van der Waals surface area contributed by atoms with Gasteiger partial charge in [0.2, 0.25) is 0 Å². The van der Waals surface area contributed by atoms with Crippen LogP contribution in [0.3, 0.4) is 0 Å². The zero-order valence-corrected chi connectivity index (χ0v) is 11.8. The summed E-state index contributed by atoms with van der Waals surface area (Å²) in [6.07, 6.45) is 2.36. The molecule has 92 valence electrons. The van der Waals surface area contributed by atoms with Crippen LogP contribution in [0.25, 0.3) is 11.4 Å². The smallest absolute Gasteiger partial charge is 0.161 e. The van der Waals surface area contributed by atoms with Crippen molar-refractivity contribution in [3.63, 3.8) is 0 Å². The van der Waals surface area contributed by atoms with Crippen LogP contribution in [0.4, 0.5) is 5.82 Å². The molecule has 3 rings (SSSR count). The maximum atomic E-state index is 9.29. The van der Waals surface area contributed by atoms with Gasteiger partial charge in [0.05, 0.1) is 9.26 Å². The molecule has 1 aliphatic rings. The van der Waals surface area contributed by atoms with Gasteiger partial charge in [-0.15, -0.1) is 0 Å². The largest absolute Gasteiger partial charge is 0.508 e. The monoisotopic (exact) mass is 353 g/mol. The summed E-state index contributed by atoms with van der Waals surface area (Å²) < 4.78 is 0.970. The fourth-order valence-corrected chi connectivity index (χ4v) is 2.53. The van der Waals surface area contributed by atoms with Crippen molar-refractivity contribution in [3.8, 4) is 17.1 Å². The third-order valence-electron chi connectivity index (χ3n) is 2.99. The van der Waals surface area contributed by atoms with Crippen LogP contribution in [0.5, 0.6) is 5.75 Å². The van der Waals surface area contributed by atoms with Crippen molar-refractivity contribution in [2.24, 2.45) is 0 Å². The van der Waals surface area contributed by atoms with Gasteiger partial charge in [-0.3, -0.25) is 0 Å². The van der Waals surface area contributed by atoms with E-state index in [0.717, 1.165) is 14.8 Å². The molecule has 1 aromatic heterocycles. The zero-order valence-electron chi connectivity index (χ0n) is 9.60. The molecule has 0 atom stereocenters. The normalized spacial score (nSPS) is 14.7. The molecule has 1 aromatic carbocycles. The van der Waals surface area contributed by atoms with Gasteiger partial charge in [0.1, 0.15) is 11.6 Å². The molecule has 0 amide bonds. The highest BCUT2D eigenvalue weighted by atomic mass is 127. The van der Waals surface area contributed by atoms with Crippen LogP contribution in [0.15, 0.2) is 24.3 Å². The summed E-state index contributed by atoms with van der Waals surface area (Å²) in [7, 11) is 0. The Bertz CT molecular complexity index is 594. The average molecular weight is 353 g/mol. The van der Waals surface area contributed by atoms with Crippen molar-refractivity contribution in [1.82, 2.24) is 9.97 Å². The van der Waals surface area contributed by atoms with Crippen molar-refractivity contribution in [3.05, 3.63) is 33.5 Å². The van der Waals surface area contributed by atoms with Crippen LogP contribution in [-0.4, -0.2) is 15.1 Å². The molecule has 0 spiro atoms. The van der Waals surface area contributed by atoms with E-state index in [1.807, 2.05) is 0 Å². The minimum absolute atomic E-state index is 0.236. The number of aromatic hydroxyl groups is 1. The van der Waals surface area contributed by atoms with Crippen LogP contribution in [-0.2, 0) is 0 Å². The summed E-state index contributed by atoms with van der Waals surface area (Å²) in [6.45, 7) is 0. The van der Waals surface area contributed by atoms with Gasteiger partial charge in [0.25, 0.3) is 0 Å². The van der Waals surface area contributed by atoms with Crippen LogP contribution < -0.4 is 5.73 Å². The quantitative estimate of drug-likeness (QED) is 0.815. The molecule has 0 aliphatic heterocycles. The number of nitrogen functional groups attached to an aromatic ring is 1. The van der Waals surface area contributed by atoms with Crippen molar-refractivity contribution in [2.45, 2.75) is 18.8 Å². The van der Waals surface area contributed by atoms with E-state index in [2.05, 4.69) is 32.6 Å².